The van der Waals surface area contributed by atoms with Crippen molar-refractivity contribution in [1.82, 2.24) is 0 Å². The second-order valence-electron chi connectivity index (χ2n) is 4.95. The zero-order valence-corrected chi connectivity index (χ0v) is 14.6. The monoisotopic (exact) mass is 364 g/mol. The van der Waals surface area contributed by atoms with Crippen molar-refractivity contribution in [1.29, 1.82) is 0 Å². The Hall–Kier alpha value is -2.52. The molecule has 0 aromatic rings. The van der Waals surface area contributed by atoms with Crippen LogP contribution in [0.25, 0.3) is 0 Å². The van der Waals surface area contributed by atoms with E-state index < -0.39 is 30.0 Å². The Balaban J connectivity index is 4.87. The highest BCUT2D eigenvalue weighted by atomic mass is 16.8. The summed E-state index contributed by atoms with van der Waals surface area (Å²) in [5.41, 5.74) is 0. The molecule has 0 aliphatic heterocycles. The predicted octanol–water partition coefficient (Wildman–Crippen LogP) is 2.24. The van der Waals surface area contributed by atoms with Crippen LogP contribution in [0.15, 0.2) is 0 Å². The van der Waals surface area contributed by atoms with E-state index in [0.717, 1.165) is 13.5 Å². The summed E-state index contributed by atoms with van der Waals surface area (Å²) in [5.74, 6) is -4.08. The van der Waals surface area contributed by atoms with Gasteiger partial charge in [0.15, 0.2) is 0 Å². The molecule has 1 N–H and O–H groups in total. The molecule has 10 nitrogen and oxygen atoms in total. The van der Waals surface area contributed by atoms with Crippen molar-refractivity contribution >= 4 is 24.2 Å². The molecule has 0 saturated carbocycles. The number of ether oxygens (including phenoxy) is 5. The Morgan fingerprint density at radius 3 is 2.16 bits per heavy atom. The lowest BCUT2D eigenvalue weighted by atomic mass is 10.1. The third-order valence-corrected chi connectivity index (χ3v) is 3.08. The minimum absolute atomic E-state index is 0.0219. The smallest absolute Gasteiger partial charge is 0.469 e. The van der Waals surface area contributed by atoms with Crippen LogP contribution in [0, 0.1) is 0 Å². The molecule has 0 radical (unpaired) electrons. The minimum Gasteiger partial charge on any atom is -0.469 e. The SMILES string of the molecule is CCCCCC(OC(=O)O)(OC(=O)OCCCC(=O)OC)C(=O)OC. The Kier molecular flexibility index (Phi) is 10.7. The number of esters is 2. The van der Waals surface area contributed by atoms with Crippen LogP contribution in [-0.4, -0.2) is 56.0 Å². The summed E-state index contributed by atoms with van der Waals surface area (Å²) < 4.78 is 23.0. The van der Waals surface area contributed by atoms with Crippen molar-refractivity contribution in [3.05, 3.63) is 0 Å². The van der Waals surface area contributed by atoms with Crippen molar-refractivity contribution in [2.45, 2.75) is 51.2 Å². The average Bonchev–Trinajstić information content (AvgIpc) is 2.57. The van der Waals surface area contributed by atoms with E-state index in [2.05, 4.69) is 14.2 Å². The van der Waals surface area contributed by atoms with Crippen LogP contribution >= 0.6 is 0 Å². The van der Waals surface area contributed by atoms with Crippen LogP contribution in [-0.2, 0) is 33.3 Å². The van der Waals surface area contributed by atoms with Gasteiger partial charge in [-0.25, -0.2) is 14.4 Å². The molecule has 10 heteroatoms. The van der Waals surface area contributed by atoms with Gasteiger partial charge >= 0.3 is 30.0 Å². The molecule has 1 atom stereocenters. The fourth-order valence-corrected chi connectivity index (χ4v) is 1.85. The van der Waals surface area contributed by atoms with Gasteiger partial charge in [-0.2, -0.15) is 0 Å². The molecular formula is C15H24O10. The number of methoxy groups -OCH3 is 2. The van der Waals surface area contributed by atoms with Gasteiger partial charge in [0, 0.05) is 12.8 Å². The topological polar surface area (TPSA) is 135 Å². The summed E-state index contributed by atoms with van der Waals surface area (Å²) in [4.78, 5) is 45.6. The van der Waals surface area contributed by atoms with Crippen LogP contribution < -0.4 is 0 Å². The number of unbranched alkanes of at least 4 members (excludes halogenated alkanes) is 2. The zero-order valence-electron chi connectivity index (χ0n) is 14.6. The lowest BCUT2D eigenvalue weighted by Gasteiger charge is -2.28. The summed E-state index contributed by atoms with van der Waals surface area (Å²) in [6.07, 6.45) is -1.35. The standard InChI is InChI=1S/C15H24O10/c1-4-5-6-9-15(12(17)22-3,24-13(18)19)25-14(20)23-10-7-8-11(16)21-2/h4-10H2,1-3H3,(H,18,19). The Morgan fingerprint density at radius 2 is 1.64 bits per heavy atom. The summed E-state index contributed by atoms with van der Waals surface area (Å²) >= 11 is 0. The molecule has 0 aromatic heterocycles. The maximum atomic E-state index is 12.0. The first-order valence-corrected chi connectivity index (χ1v) is 7.74. The lowest BCUT2D eigenvalue weighted by molar-refractivity contribution is -0.218. The van der Waals surface area contributed by atoms with Gasteiger partial charge in [0.2, 0.25) is 0 Å². The van der Waals surface area contributed by atoms with Gasteiger partial charge in [0.25, 0.3) is 0 Å². The number of carboxylic acid groups (broad SMARTS) is 1. The molecule has 25 heavy (non-hydrogen) atoms. The first-order valence-electron chi connectivity index (χ1n) is 7.74. The Morgan fingerprint density at radius 1 is 0.960 bits per heavy atom. The number of rotatable bonds is 11. The van der Waals surface area contributed by atoms with Crippen molar-refractivity contribution in [2.24, 2.45) is 0 Å². The highest BCUT2D eigenvalue weighted by Crippen LogP contribution is 2.25. The van der Waals surface area contributed by atoms with E-state index in [1.165, 1.54) is 7.11 Å². The van der Waals surface area contributed by atoms with Gasteiger partial charge in [0.05, 0.1) is 20.8 Å². The molecule has 0 fully saturated rings. The van der Waals surface area contributed by atoms with Gasteiger partial charge in [-0.15, -0.1) is 0 Å². The second-order valence-corrected chi connectivity index (χ2v) is 4.95. The van der Waals surface area contributed by atoms with E-state index in [1.54, 1.807) is 0 Å². The molecule has 0 aromatic carbocycles. The fraction of sp³-hybridized carbons (Fsp3) is 0.733. The fourth-order valence-electron chi connectivity index (χ4n) is 1.85. The number of hydrogen-bond acceptors (Lipinski definition) is 9. The first-order chi connectivity index (χ1) is 11.8. The molecule has 0 amide bonds. The largest absolute Gasteiger partial charge is 0.512 e. The number of carbonyl (C=O) groups is 4. The molecule has 1 unspecified atom stereocenters. The average molecular weight is 364 g/mol. The highest BCUT2D eigenvalue weighted by Gasteiger charge is 2.48. The van der Waals surface area contributed by atoms with Crippen molar-refractivity contribution in [3.8, 4) is 0 Å². The van der Waals surface area contributed by atoms with Gasteiger partial charge in [-0.05, 0) is 12.8 Å². The third kappa shape index (κ3) is 8.77. The van der Waals surface area contributed by atoms with Gasteiger partial charge in [-0.1, -0.05) is 19.8 Å². The Labute approximate surface area is 145 Å². The van der Waals surface area contributed by atoms with Crippen LogP contribution in [0.1, 0.15) is 45.4 Å². The molecule has 0 saturated heterocycles. The van der Waals surface area contributed by atoms with Crippen LogP contribution in [0.2, 0.25) is 0 Å². The van der Waals surface area contributed by atoms with Crippen molar-refractivity contribution in [3.63, 3.8) is 0 Å². The van der Waals surface area contributed by atoms with Crippen LogP contribution in [0.5, 0.6) is 0 Å². The van der Waals surface area contributed by atoms with E-state index in [1.807, 2.05) is 6.92 Å². The van der Waals surface area contributed by atoms with Crippen LogP contribution in [0.3, 0.4) is 0 Å². The molecule has 144 valence electrons. The zero-order chi connectivity index (χ0) is 19.3. The van der Waals surface area contributed by atoms with E-state index >= 15 is 0 Å². The normalized spacial score (nSPS) is 12.4. The highest BCUT2D eigenvalue weighted by molar-refractivity contribution is 5.82. The molecule has 0 aliphatic rings. The van der Waals surface area contributed by atoms with Gasteiger partial charge in [0.1, 0.15) is 0 Å². The minimum atomic E-state index is -2.44. The molecule has 0 aliphatic carbocycles. The molecular weight excluding hydrogens is 340 g/mol. The maximum Gasteiger partial charge on any atom is 0.512 e. The first kappa shape index (κ1) is 22.5. The van der Waals surface area contributed by atoms with Gasteiger partial charge in [-0.3, -0.25) is 4.79 Å². The number of carbonyl (C=O) groups excluding carboxylic acids is 3. The van der Waals surface area contributed by atoms with Crippen molar-refractivity contribution in [2.75, 3.05) is 20.8 Å². The van der Waals surface area contributed by atoms with E-state index in [0.29, 0.717) is 12.8 Å². The predicted molar refractivity (Wildman–Crippen MR) is 81.7 cm³/mol. The summed E-state index contributed by atoms with van der Waals surface area (Å²) in [6.45, 7) is 1.71. The van der Waals surface area contributed by atoms with E-state index in [-0.39, 0.29) is 25.9 Å². The summed E-state index contributed by atoms with van der Waals surface area (Å²) in [6, 6.07) is 0. The Bertz CT molecular complexity index is 461. The second kappa shape index (κ2) is 11.9. The third-order valence-electron chi connectivity index (χ3n) is 3.08. The van der Waals surface area contributed by atoms with Crippen LogP contribution in [0.4, 0.5) is 9.59 Å². The molecule has 0 rings (SSSR count). The number of hydrogen-bond donors (Lipinski definition) is 1. The molecule has 0 heterocycles. The summed E-state index contributed by atoms with van der Waals surface area (Å²) in [7, 11) is 2.23. The quantitative estimate of drug-likeness (QED) is 0.251. The van der Waals surface area contributed by atoms with E-state index in [4.69, 9.17) is 14.6 Å². The van der Waals surface area contributed by atoms with E-state index in [9.17, 15) is 19.2 Å². The molecule has 0 spiro atoms. The maximum absolute atomic E-state index is 12.0. The molecule has 0 bridgehead atoms. The summed E-state index contributed by atoms with van der Waals surface area (Å²) in [5, 5.41) is 8.85. The van der Waals surface area contributed by atoms with Crippen molar-refractivity contribution < 1.29 is 48.0 Å². The van der Waals surface area contributed by atoms with Gasteiger partial charge < -0.3 is 28.8 Å². The lowest BCUT2D eigenvalue weighted by Crippen LogP contribution is -2.48.